The summed E-state index contributed by atoms with van der Waals surface area (Å²) in [5.74, 6) is 0. The predicted octanol–water partition coefficient (Wildman–Crippen LogP) is 3.68. The van der Waals surface area contributed by atoms with Gasteiger partial charge >= 0.3 is 0 Å². The summed E-state index contributed by atoms with van der Waals surface area (Å²) < 4.78 is 0. The van der Waals surface area contributed by atoms with Crippen LogP contribution in [0.2, 0.25) is 0 Å². The molecule has 0 bridgehead atoms. The summed E-state index contributed by atoms with van der Waals surface area (Å²) in [6.45, 7) is 2.41. The molecule has 10 radical (unpaired) electrons. The Bertz CT molecular complexity index is 356. The van der Waals surface area contributed by atoms with Gasteiger partial charge in [-0.2, -0.15) is 0 Å². The molecule has 88 valence electrons. The van der Waals surface area contributed by atoms with Crippen LogP contribution in [0.1, 0.15) is 0 Å². The van der Waals surface area contributed by atoms with Crippen LogP contribution in [0.4, 0.5) is 0 Å². The summed E-state index contributed by atoms with van der Waals surface area (Å²) in [5.41, 5.74) is 2.92. The Kier molecular flexibility index (Phi) is 3.76. The van der Waals surface area contributed by atoms with E-state index in [-0.39, 0.29) is 0 Å². The van der Waals surface area contributed by atoms with Crippen LogP contribution >= 0.6 is 7.26 Å². The molecule has 18 heavy (non-hydrogen) atoms. The molecular formula is C17H16P+. The molecule has 0 N–H and O–H groups in total. The number of rotatable bonds is 3. The summed E-state index contributed by atoms with van der Waals surface area (Å²) in [6, 6.07) is 10.9. The van der Waals surface area contributed by atoms with Gasteiger partial charge < -0.3 is 0 Å². The lowest BCUT2D eigenvalue weighted by molar-refractivity contribution is 1.41. The van der Waals surface area contributed by atoms with E-state index in [4.69, 9.17) is 0 Å². The number of hydrogen-bond acceptors (Lipinski definition) is 0. The molecule has 1 aromatic rings. The largest absolute Gasteiger partial charge is 0.132 e. The highest BCUT2D eigenvalue weighted by molar-refractivity contribution is 7.88. The summed E-state index contributed by atoms with van der Waals surface area (Å²) in [7, 11) is -1.43. The van der Waals surface area contributed by atoms with E-state index in [9.17, 15) is 0 Å². The Morgan fingerprint density at radius 1 is 0.667 bits per heavy atom. The predicted molar refractivity (Wildman–Crippen MR) is 79.8 cm³/mol. The van der Waals surface area contributed by atoms with E-state index in [2.05, 4.69) is 88.4 Å². The third kappa shape index (κ3) is 2.14. The zero-order chi connectivity index (χ0) is 12.4. The van der Waals surface area contributed by atoms with Crippen LogP contribution in [0.15, 0.2) is 30.3 Å². The van der Waals surface area contributed by atoms with E-state index in [0.29, 0.717) is 0 Å². The quantitative estimate of drug-likeness (QED) is 0.719. The fourth-order valence-corrected chi connectivity index (χ4v) is 5.70. The van der Waals surface area contributed by atoms with Gasteiger partial charge in [-0.05, 0) is 37.8 Å². The zero-order valence-electron chi connectivity index (χ0n) is 10.5. The molecule has 0 nitrogen and oxygen atoms in total. The van der Waals surface area contributed by atoms with E-state index >= 15 is 0 Å². The molecule has 2 aliphatic carbocycles. The third-order valence-corrected chi connectivity index (χ3v) is 7.59. The summed E-state index contributed by atoms with van der Waals surface area (Å²) in [6.07, 6.45) is 17.6. The van der Waals surface area contributed by atoms with Crippen molar-refractivity contribution in [2.45, 2.75) is 0 Å². The second kappa shape index (κ2) is 5.33. The van der Waals surface area contributed by atoms with Gasteiger partial charge in [0.2, 0.25) is 0 Å². The fraction of sp³-hybridized carbons (Fsp3) is 0.0588. The van der Waals surface area contributed by atoms with Crippen molar-refractivity contribution in [2.75, 3.05) is 6.66 Å². The van der Waals surface area contributed by atoms with Gasteiger partial charge in [-0.15, -0.1) is 0 Å². The minimum atomic E-state index is -1.43. The molecule has 0 atom stereocenters. The number of benzene rings is 1. The van der Waals surface area contributed by atoms with Crippen LogP contribution < -0.4 is 5.30 Å². The first-order valence-corrected chi connectivity index (χ1v) is 8.42. The molecule has 0 spiro atoms. The SMILES string of the molecule is C[P+]([C]1[CH][CH][CH][CH]1)([C]1[CH][CH][CH][CH]1)c1ccccc1. The van der Waals surface area contributed by atoms with Gasteiger partial charge in [0, 0.05) is 25.7 Å². The van der Waals surface area contributed by atoms with E-state index in [1.54, 1.807) is 0 Å². The molecule has 3 rings (SSSR count). The lowest BCUT2D eigenvalue weighted by Crippen LogP contribution is -2.21. The van der Waals surface area contributed by atoms with Crippen molar-refractivity contribution >= 4 is 12.6 Å². The first-order chi connectivity index (χ1) is 8.82. The van der Waals surface area contributed by atoms with Gasteiger partial charge in [-0.25, -0.2) is 0 Å². The molecule has 0 unspecified atom stereocenters. The molecule has 1 aromatic carbocycles. The molecule has 0 aliphatic heterocycles. The monoisotopic (exact) mass is 251 g/mol. The highest BCUT2D eigenvalue weighted by atomic mass is 31.2. The normalized spacial score (nSPS) is 22.7. The highest BCUT2D eigenvalue weighted by Crippen LogP contribution is 2.75. The first kappa shape index (κ1) is 12.7. The van der Waals surface area contributed by atoms with Gasteiger partial charge in [0.05, 0.1) is 19.2 Å². The Morgan fingerprint density at radius 2 is 1.11 bits per heavy atom. The first-order valence-electron chi connectivity index (χ1n) is 6.18. The molecule has 1 heteroatoms. The number of hydrogen-bond donors (Lipinski definition) is 0. The van der Waals surface area contributed by atoms with E-state index < -0.39 is 7.26 Å². The Labute approximate surface area is 113 Å². The van der Waals surface area contributed by atoms with Crippen molar-refractivity contribution in [3.05, 3.63) is 93.0 Å². The molecule has 2 saturated carbocycles. The highest BCUT2D eigenvalue weighted by Gasteiger charge is 2.54. The minimum Gasteiger partial charge on any atom is -0.0620 e. The van der Waals surface area contributed by atoms with Crippen molar-refractivity contribution < 1.29 is 0 Å². The van der Waals surface area contributed by atoms with Gasteiger partial charge in [0.25, 0.3) is 0 Å². The lowest BCUT2D eigenvalue weighted by Gasteiger charge is -2.31. The molecular weight excluding hydrogens is 235 g/mol. The van der Waals surface area contributed by atoms with Crippen LogP contribution in [0.5, 0.6) is 0 Å². The zero-order valence-corrected chi connectivity index (χ0v) is 11.3. The van der Waals surface area contributed by atoms with Crippen molar-refractivity contribution in [1.82, 2.24) is 0 Å². The van der Waals surface area contributed by atoms with Gasteiger partial charge in [-0.3, -0.25) is 0 Å². The second-order valence-corrected chi connectivity index (χ2v) is 8.19. The maximum atomic E-state index is 2.41. The van der Waals surface area contributed by atoms with Crippen LogP contribution in [-0.2, 0) is 0 Å². The molecule has 2 aliphatic rings. The molecule has 2 fully saturated rings. The van der Waals surface area contributed by atoms with Crippen molar-refractivity contribution in [3.8, 4) is 0 Å². The average molecular weight is 251 g/mol. The van der Waals surface area contributed by atoms with Crippen LogP contribution in [0.25, 0.3) is 0 Å². The summed E-state index contributed by atoms with van der Waals surface area (Å²) in [4.78, 5) is 0. The maximum Gasteiger partial charge on any atom is 0.132 e. The Morgan fingerprint density at radius 3 is 1.56 bits per heavy atom. The third-order valence-electron chi connectivity index (χ3n) is 3.60. The smallest absolute Gasteiger partial charge is 0.0620 e. The average Bonchev–Trinajstić information content (AvgIpc) is 3.12. The molecule has 0 aromatic heterocycles. The molecule has 0 amide bonds. The van der Waals surface area contributed by atoms with Crippen LogP contribution in [-0.4, -0.2) is 6.66 Å². The maximum absolute atomic E-state index is 2.41. The summed E-state index contributed by atoms with van der Waals surface area (Å²) in [5, 5.41) is 1.45. The van der Waals surface area contributed by atoms with E-state index in [1.165, 1.54) is 16.6 Å². The minimum absolute atomic E-state index is 1.43. The Hall–Kier alpha value is -0.350. The summed E-state index contributed by atoms with van der Waals surface area (Å²) >= 11 is 0. The second-order valence-electron chi connectivity index (χ2n) is 4.63. The van der Waals surface area contributed by atoms with Gasteiger partial charge in [0.15, 0.2) is 0 Å². The van der Waals surface area contributed by atoms with E-state index in [0.717, 1.165) is 0 Å². The molecule has 0 heterocycles. The topological polar surface area (TPSA) is 0 Å². The standard InChI is InChI=1S/C17H16P/c1-18(16-11-5-6-12-16,17-13-7-8-14-17)15-9-3-2-4-10-15/h2-14H,1H3/q+1. The van der Waals surface area contributed by atoms with Crippen molar-refractivity contribution in [3.63, 3.8) is 0 Å². The van der Waals surface area contributed by atoms with E-state index in [1.807, 2.05) is 0 Å². The fourth-order valence-electron chi connectivity index (χ4n) is 2.50. The van der Waals surface area contributed by atoms with Crippen molar-refractivity contribution in [2.24, 2.45) is 0 Å². The van der Waals surface area contributed by atoms with Gasteiger partial charge in [0.1, 0.15) is 11.3 Å². The van der Waals surface area contributed by atoms with Crippen molar-refractivity contribution in [1.29, 1.82) is 0 Å². The Balaban J connectivity index is 1.96. The van der Waals surface area contributed by atoms with Gasteiger partial charge in [-0.1, -0.05) is 18.2 Å². The van der Waals surface area contributed by atoms with Crippen LogP contribution in [0.3, 0.4) is 0 Å². The van der Waals surface area contributed by atoms with Crippen LogP contribution in [0, 0.1) is 62.7 Å². The lowest BCUT2D eigenvalue weighted by atomic mass is 10.3. The molecule has 0 saturated heterocycles.